The number of para-hydroxylation sites is 2. The molecule has 0 aromatic heterocycles. The van der Waals surface area contributed by atoms with Gasteiger partial charge in [-0.25, -0.2) is 9.96 Å². The molecule has 3 aromatic carbocycles. The van der Waals surface area contributed by atoms with Crippen LogP contribution in [0.3, 0.4) is 0 Å². The van der Waals surface area contributed by atoms with Crippen molar-refractivity contribution in [3.63, 3.8) is 0 Å². The normalized spacial score (nSPS) is 22.9. The number of hydrogen-bond donors (Lipinski definition) is 0. The highest BCUT2D eigenvalue weighted by Crippen LogP contribution is 2.49. The second-order valence-corrected chi connectivity index (χ2v) is 8.47. The first-order valence-corrected chi connectivity index (χ1v) is 10.6. The molecule has 5 nitrogen and oxygen atoms in total. The number of halogens is 2. The number of aryl methyl sites for hydroxylation is 1. The van der Waals surface area contributed by atoms with Crippen LogP contribution >= 0.6 is 23.2 Å². The molecule has 2 aliphatic rings. The summed E-state index contributed by atoms with van der Waals surface area (Å²) in [6.07, 6.45) is -0.966. The number of rotatable bonds is 3. The minimum absolute atomic E-state index is 0.202. The van der Waals surface area contributed by atoms with E-state index in [-0.39, 0.29) is 21.6 Å². The molecule has 0 bridgehead atoms. The number of hydrogen-bond acceptors (Lipinski definition) is 4. The number of fused-ring (bicyclic) bond motifs is 1. The van der Waals surface area contributed by atoms with E-state index in [0.717, 1.165) is 21.7 Å². The first-order valence-electron chi connectivity index (χ1n) is 9.87. The number of hydroxylamine groups is 1. The van der Waals surface area contributed by atoms with E-state index in [1.807, 2.05) is 61.5 Å². The molecule has 3 aromatic rings. The van der Waals surface area contributed by atoms with Crippen LogP contribution in [0, 0.1) is 12.8 Å². The van der Waals surface area contributed by atoms with Crippen molar-refractivity contribution in [2.24, 2.45) is 5.92 Å². The Hall–Kier alpha value is -2.86. The summed E-state index contributed by atoms with van der Waals surface area (Å²) in [7, 11) is 0. The van der Waals surface area contributed by atoms with Gasteiger partial charge in [-0.2, -0.15) is 0 Å². The molecule has 3 atom stereocenters. The molecular weight excluding hydrogens is 435 g/mol. The van der Waals surface area contributed by atoms with Crippen molar-refractivity contribution in [3.8, 4) is 0 Å². The summed E-state index contributed by atoms with van der Waals surface area (Å²) in [4.78, 5) is 34.1. The summed E-state index contributed by atoms with van der Waals surface area (Å²) in [5.74, 6) is -1.59. The van der Waals surface area contributed by atoms with Crippen molar-refractivity contribution in [2.75, 3.05) is 9.96 Å². The standard InChI is InChI=1S/C24H18Cl2N2O3/c1-14-10-12-15(13-11-14)20-19-22(31-28(20)16-6-3-2-4-7-16)24(30)27(23(19)29)21-17(25)8-5-9-18(21)26/h2-13,19-20,22H,1H3/t19-,20+,22-/m1/s1. The van der Waals surface area contributed by atoms with E-state index < -0.39 is 24.0 Å². The van der Waals surface area contributed by atoms with Crippen LogP contribution in [0.2, 0.25) is 10.0 Å². The topological polar surface area (TPSA) is 49.9 Å². The van der Waals surface area contributed by atoms with Crippen molar-refractivity contribution in [1.82, 2.24) is 0 Å². The molecule has 2 fully saturated rings. The van der Waals surface area contributed by atoms with Crippen molar-refractivity contribution in [3.05, 3.63) is 94.0 Å². The molecule has 7 heteroatoms. The Morgan fingerprint density at radius 3 is 2.10 bits per heavy atom. The predicted molar refractivity (Wildman–Crippen MR) is 120 cm³/mol. The van der Waals surface area contributed by atoms with Gasteiger partial charge in [0.25, 0.3) is 5.91 Å². The van der Waals surface area contributed by atoms with Gasteiger partial charge in [-0.05, 0) is 36.8 Å². The van der Waals surface area contributed by atoms with Gasteiger partial charge in [0.2, 0.25) is 5.91 Å². The lowest BCUT2D eigenvalue weighted by Gasteiger charge is -2.29. The third-order valence-electron chi connectivity index (χ3n) is 5.71. The lowest BCUT2D eigenvalue weighted by molar-refractivity contribution is -0.126. The molecule has 0 N–H and O–H groups in total. The zero-order chi connectivity index (χ0) is 21.7. The third-order valence-corrected chi connectivity index (χ3v) is 6.32. The minimum Gasteiger partial charge on any atom is -0.273 e. The van der Waals surface area contributed by atoms with Crippen LogP contribution < -0.4 is 9.96 Å². The maximum Gasteiger partial charge on any atom is 0.266 e. The zero-order valence-corrected chi connectivity index (χ0v) is 18.0. The number of benzene rings is 3. The average Bonchev–Trinajstić information content (AvgIpc) is 3.27. The van der Waals surface area contributed by atoms with Crippen molar-refractivity contribution in [1.29, 1.82) is 0 Å². The van der Waals surface area contributed by atoms with Crippen molar-refractivity contribution < 1.29 is 14.4 Å². The fourth-order valence-electron chi connectivity index (χ4n) is 4.24. The van der Waals surface area contributed by atoms with Gasteiger partial charge >= 0.3 is 0 Å². The first kappa shape index (κ1) is 20.1. The van der Waals surface area contributed by atoms with E-state index in [4.69, 9.17) is 28.0 Å². The van der Waals surface area contributed by atoms with Crippen LogP contribution in [-0.2, 0) is 14.4 Å². The molecule has 0 unspecified atom stereocenters. The number of nitrogens with zero attached hydrogens (tertiary/aromatic N) is 2. The van der Waals surface area contributed by atoms with E-state index in [1.165, 1.54) is 0 Å². The maximum absolute atomic E-state index is 13.6. The van der Waals surface area contributed by atoms with Gasteiger partial charge in [-0.15, -0.1) is 0 Å². The highest BCUT2D eigenvalue weighted by atomic mass is 35.5. The number of carbonyl (C=O) groups is 2. The smallest absolute Gasteiger partial charge is 0.266 e. The van der Waals surface area contributed by atoms with Crippen LogP contribution in [0.4, 0.5) is 11.4 Å². The Morgan fingerprint density at radius 2 is 1.45 bits per heavy atom. The SMILES string of the molecule is Cc1ccc([C@H]2[C@H]3C(=O)N(c4c(Cl)cccc4Cl)C(=O)[C@@H]3ON2c2ccccc2)cc1. The monoisotopic (exact) mass is 452 g/mol. The van der Waals surface area contributed by atoms with Crippen LogP contribution in [0.5, 0.6) is 0 Å². The Kier molecular flexibility index (Phi) is 4.97. The summed E-state index contributed by atoms with van der Waals surface area (Å²) >= 11 is 12.6. The van der Waals surface area contributed by atoms with Crippen LogP contribution in [-0.4, -0.2) is 17.9 Å². The summed E-state index contributed by atoms with van der Waals surface area (Å²) in [5.41, 5.74) is 2.96. The molecule has 5 rings (SSSR count). The lowest BCUT2D eigenvalue weighted by Crippen LogP contribution is -2.37. The van der Waals surface area contributed by atoms with E-state index in [2.05, 4.69) is 0 Å². The second kappa shape index (κ2) is 7.68. The van der Waals surface area contributed by atoms with Crippen molar-refractivity contribution >= 4 is 46.4 Å². The minimum atomic E-state index is -0.966. The number of anilines is 2. The first-order chi connectivity index (χ1) is 15.0. The largest absolute Gasteiger partial charge is 0.273 e. The van der Waals surface area contributed by atoms with Gasteiger partial charge in [0, 0.05) is 0 Å². The second-order valence-electron chi connectivity index (χ2n) is 7.65. The van der Waals surface area contributed by atoms with Crippen molar-refractivity contribution in [2.45, 2.75) is 19.1 Å². The summed E-state index contributed by atoms with van der Waals surface area (Å²) in [5, 5.41) is 2.14. The highest BCUT2D eigenvalue weighted by molar-refractivity contribution is 6.42. The van der Waals surface area contributed by atoms with E-state index >= 15 is 0 Å². The Labute approximate surface area is 189 Å². The van der Waals surface area contributed by atoms with Crippen LogP contribution in [0.1, 0.15) is 17.2 Å². The predicted octanol–water partition coefficient (Wildman–Crippen LogP) is 5.35. The fourth-order valence-corrected chi connectivity index (χ4v) is 4.81. The average molecular weight is 453 g/mol. The molecule has 0 spiro atoms. The molecule has 0 saturated carbocycles. The van der Waals surface area contributed by atoms with E-state index in [9.17, 15) is 9.59 Å². The Bertz CT molecular complexity index is 1150. The van der Waals surface area contributed by atoms with Gasteiger partial charge in [0.05, 0.1) is 27.5 Å². The molecule has 156 valence electrons. The van der Waals surface area contributed by atoms with E-state index in [1.54, 1.807) is 23.3 Å². The quantitative estimate of drug-likeness (QED) is 0.502. The molecule has 2 heterocycles. The summed E-state index contributed by atoms with van der Waals surface area (Å²) in [6.45, 7) is 2.00. The number of amides is 2. The lowest BCUT2D eigenvalue weighted by atomic mass is 9.90. The number of carbonyl (C=O) groups excluding carboxylic acids is 2. The van der Waals surface area contributed by atoms with Gasteiger partial charge in [0.15, 0.2) is 6.10 Å². The van der Waals surface area contributed by atoms with Gasteiger partial charge in [-0.1, -0.05) is 77.3 Å². The maximum atomic E-state index is 13.6. The molecular formula is C24H18Cl2N2O3. The number of imide groups is 1. The highest BCUT2D eigenvalue weighted by Gasteiger charge is 2.60. The summed E-state index contributed by atoms with van der Waals surface area (Å²) in [6, 6.07) is 21.7. The van der Waals surface area contributed by atoms with E-state index in [0.29, 0.717) is 0 Å². The van der Waals surface area contributed by atoms with Gasteiger partial charge in [-0.3, -0.25) is 14.4 Å². The van der Waals surface area contributed by atoms with Crippen LogP contribution in [0.15, 0.2) is 72.8 Å². The molecule has 31 heavy (non-hydrogen) atoms. The van der Waals surface area contributed by atoms with Gasteiger partial charge in [0.1, 0.15) is 5.92 Å². The fraction of sp³-hybridized carbons (Fsp3) is 0.167. The Morgan fingerprint density at radius 1 is 0.806 bits per heavy atom. The van der Waals surface area contributed by atoms with Crippen LogP contribution in [0.25, 0.3) is 0 Å². The Balaban J connectivity index is 1.61. The van der Waals surface area contributed by atoms with Gasteiger partial charge < -0.3 is 0 Å². The molecule has 0 radical (unpaired) electrons. The molecule has 2 saturated heterocycles. The zero-order valence-electron chi connectivity index (χ0n) is 16.5. The molecule has 2 aliphatic heterocycles. The third kappa shape index (κ3) is 3.21. The molecule has 0 aliphatic carbocycles. The molecule has 2 amide bonds. The summed E-state index contributed by atoms with van der Waals surface area (Å²) < 4.78 is 0.